The molecule has 0 unspecified atom stereocenters. The summed E-state index contributed by atoms with van der Waals surface area (Å²) in [5.74, 6) is -2.33. The third kappa shape index (κ3) is 4.49. The fraction of sp³-hybridized carbons (Fsp3) is 0.292. The quantitative estimate of drug-likeness (QED) is 0.654. The summed E-state index contributed by atoms with van der Waals surface area (Å²) in [5.41, 5.74) is 0.690. The van der Waals surface area contributed by atoms with Crippen LogP contribution in [0, 0.1) is 5.82 Å². The lowest BCUT2D eigenvalue weighted by atomic mass is 10.0. The number of hydrogen-bond acceptors (Lipinski definition) is 4. The van der Waals surface area contributed by atoms with Gasteiger partial charge in [0.15, 0.2) is 0 Å². The van der Waals surface area contributed by atoms with E-state index in [1.54, 1.807) is 29.2 Å². The topological polar surface area (TPSA) is 74.2 Å². The van der Waals surface area contributed by atoms with Crippen LogP contribution < -0.4 is 15.1 Å². The molecule has 0 bridgehead atoms. The molecule has 172 valence electrons. The molecule has 2 aromatic rings. The molecule has 9 heteroatoms. The van der Waals surface area contributed by atoms with Gasteiger partial charge in [0.25, 0.3) is 17.7 Å². The normalized spacial score (nSPS) is 20.9. The molecule has 2 aliphatic rings. The Balaban J connectivity index is 1.46. The van der Waals surface area contributed by atoms with Gasteiger partial charge in [-0.25, -0.2) is 9.29 Å². The molecule has 2 heterocycles. The minimum atomic E-state index is -0.803. The van der Waals surface area contributed by atoms with Crippen molar-refractivity contribution < 1.29 is 23.7 Å². The molecular formula is C24H25ClFN4O3+. The van der Waals surface area contributed by atoms with Gasteiger partial charge < -0.3 is 15.1 Å². The van der Waals surface area contributed by atoms with Crippen molar-refractivity contribution in [3.63, 3.8) is 0 Å². The van der Waals surface area contributed by atoms with Gasteiger partial charge in [0.1, 0.15) is 16.5 Å². The Bertz CT molecular complexity index is 1130. The molecule has 0 atom stereocenters. The molecule has 0 radical (unpaired) electrons. The average molecular weight is 472 g/mol. The molecule has 0 aromatic heterocycles. The highest BCUT2D eigenvalue weighted by Crippen LogP contribution is 2.31. The summed E-state index contributed by atoms with van der Waals surface area (Å²) in [6, 6.07) is 12.3. The zero-order chi connectivity index (χ0) is 23.7. The van der Waals surface area contributed by atoms with Gasteiger partial charge in [-0.2, -0.15) is 0 Å². The predicted molar refractivity (Wildman–Crippen MR) is 124 cm³/mol. The van der Waals surface area contributed by atoms with Crippen LogP contribution in [-0.4, -0.2) is 55.8 Å². The van der Waals surface area contributed by atoms with E-state index in [-0.39, 0.29) is 28.4 Å². The van der Waals surface area contributed by atoms with Crippen molar-refractivity contribution in [2.24, 2.45) is 0 Å². The number of hydrogen-bond donors (Lipinski definition) is 2. The van der Waals surface area contributed by atoms with Crippen molar-refractivity contribution >= 4 is 40.7 Å². The summed E-state index contributed by atoms with van der Waals surface area (Å²) < 4.78 is 14.1. The van der Waals surface area contributed by atoms with Crippen molar-refractivity contribution in [3.8, 4) is 0 Å². The molecular weight excluding hydrogens is 447 g/mol. The molecule has 7 nitrogen and oxygen atoms in total. The number of carbonyl (C=O) groups is 3. The lowest BCUT2D eigenvalue weighted by Crippen LogP contribution is -3.10. The summed E-state index contributed by atoms with van der Waals surface area (Å²) >= 11 is 6.11. The SMILES string of the molecule is CN(C(=O)c1ccc(NC2=C(Cl)C(=O)N(c3ccccc3F)C2=O)cc1)C1CC[NH+](C)CC1. The Labute approximate surface area is 196 Å². The first-order chi connectivity index (χ1) is 15.8. The van der Waals surface area contributed by atoms with Gasteiger partial charge >= 0.3 is 0 Å². The van der Waals surface area contributed by atoms with Crippen molar-refractivity contribution in [1.29, 1.82) is 0 Å². The highest BCUT2D eigenvalue weighted by atomic mass is 35.5. The lowest BCUT2D eigenvalue weighted by Gasteiger charge is -2.33. The molecule has 4 rings (SSSR count). The number of likely N-dealkylation sites (tertiary alicyclic amines) is 1. The summed E-state index contributed by atoms with van der Waals surface area (Å²) in [5, 5.41) is 2.51. The molecule has 3 amide bonds. The van der Waals surface area contributed by atoms with Gasteiger partial charge in [-0.05, 0) is 36.4 Å². The van der Waals surface area contributed by atoms with E-state index in [4.69, 9.17) is 11.6 Å². The van der Waals surface area contributed by atoms with E-state index in [0.29, 0.717) is 16.2 Å². The Hall–Kier alpha value is -3.23. The first-order valence-corrected chi connectivity index (χ1v) is 11.1. The first kappa shape index (κ1) is 22.9. The molecule has 1 fully saturated rings. The summed E-state index contributed by atoms with van der Waals surface area (Å²) in [4.78, 5) is 42.2. The maximum absolute atomic E-state index is 14.1. The van der Waals surface area contributed by atoms with Crippen LogP contribution in [0.1, 0.15) is 23.2 Å². The first-order valence-electron chi connectivity index (χ1n) is 10.8. The summed E-state index contributed by atoms with van der Waals surface area (Å²) in [6.07, 6.45) is 1.93. The van der Waals surface area contributed by atoms with E-state index in [1.807, 2.05) is 7.05 Å². The van der Waals surface area contributed by atoms with Crippen LogP contribution in [0.3, 0.4) is 0 Å². The number of halogens is 2. The number of para-hydroxylation sites is 1. The van der Waals surface area contributed by atoms with E-state index in [9.17, 15) is 18.8 Å². The smallest absolute Gasteiger partial charge is 0.283 e. The number of piperidine rings is 1. The van der Waals surface area contributed by atoms with E-state index in [1.165, 1.54) is 23.1 Å². The maximum Gasteiger partial charge on any atom is 0.283 e. The highest BCUT2D eigenvalue weighted by molar-refractivity contribution is 6.53. The standard InChI is InChI=1S/C24H24ClFN4O3/c1-28-13-11-17(12-14-28)29(2)22(31)15-7-9-16(10-8-15)27-21-20(25)23(32)30(24(21)33)19-6-4-3-5-18(19)26/h3-10,17,27H,11-14H2,1-2H3/p+1. The van der Waals surface area contributed by atoms with Crippen LogP contribution in [0.5, 0.6) is 0 Å². The van der Waals surface area contributed by atoms with E-state index in [0.717, 1.165) is 32.0 Å². The predicted octanol–water partition coefficient (Wildman–Crippen LogP) is 2.01. The Kier molecular flexibility index (Phi) is 6.49. The third-order valence-corrected chi connectivity index (χ3v) is 6.55. The van der Waals surface area contributed by atoms with Gasteiger partial charge in [0.2, 0.25) is 0 Å². The Morgan fingerprint density at radius 1 is 1.09 bits per heavy atom. The van der Waals surface area contributed by atoms with E-state index < -0.39 is 17.6 Å². The molecule has 0 spiro atoms. The van der Waals surface area contributed by atoms with E-state index >= 15 is 0 Å². The number of quaternary nitrogens is 1. The van der Waals surface area contributed by atoms with Crippen LogP contribution >= 0.6 is 11.6 Å². The second kappa shape index (κ2) is 9.33. The molecule has 2 N–H and O–H groups in total. The number of amides is 3. The van der Waals surface area contributed by atoms with Crippen LogP contribution in [0.15, 0.2) is 59.3 Å². The number of imide groups is 1. The summed E-state index contributed by atoms with van der Waals surface area (Å²) in [7, 11) is 3.98. The zero-order valence-electron chi connectivity index (χ0n) is 18.4. The number of rotatable bonds is 5. The number of nitrogens with one attached hydrogen (secondary N) is 2. The molecule has 2 aromatic carbocycles. The second-order valence-corrected chi connectivity index (χ2v) is 8.77. The second-order valence-electron chi connectivity index (χ2n) is 8.39. The zero-order valence-corrected chi connectivity index (χ0v) is 19.2. The Morgan fingerprint density at radius 3 is 2.36 bits per heavy atom. The van der Waals surface area contributed by atoms with Crippen molar-refractivity contribution in [2.45, 2.75) is 18.9 Å². The van der Waals surface area contributed by atoms with Gasteiger partial charge in [-0.3, -0.25) is 14.4 Å². The van der Waals surface area contributed by atoms with Crippen LogP contribution in [0.4, 0.5) is 15.8 Å². The Morgan fingerprint density at radius 2 is 1.73 bits per heavy atom. The number of nitrogens with zero attached hydrogens (tertiary/aromatic N) is 2. The molecule has 2 aliphatic heterocycles. The number of anilines is 2. The average Bonchev–Trinajstić information content (AvgIpc) is 3.02. The van der Waals surface area contributed by atoms with Gasteiger partial charge in [0, 0.05) is 37.2 Å². The molecule has 0 saturated carbocycles. The third-order valence-electron chi connectivity index (χ3n) is 6.20. The molecule has 1 saturated heterocycles. The number of benzene rings is 2. The fourth-order valence-corrected chi connectivity index (χ4v) is 4.37. The van der Waals surface area contributed by atoms with Gasteiger partial charge in [0.05, 0.1) is 25.8 Å². The van der Waals surface area contributed by atoms with E-state index in [2.05, 4.69) is 12.4 Å². The minimum Gasteiger partial charge on any atom is -0.350 e. The van der Waals surface area contributed by atoms with Gasteiger partial charge in [-0.1, -0.05) is 23.7 Å². The monoisotopic (exact) mass is 471 g/mol. The largest absolute Gasteiger partial charge is 0.350 e. The van der Waals surface area contributed by atoms with Crippen molar-refractivity contribution in [1.82, 2.24) is 4.90 Å². The van der Waals surface area contributed by atoms with Crippen LogP contribution in [0.2, 0.25) is 0 Å². The molecule has 33 heavy (non-hydrogen) atoms. The van der Waals surface area contributed by atoms with Crippen molar-refractivity contribution in [2.75, 3.05) is 37.4 Å². The minimum absolute atomic E-state index is 0.0683. The highest BCUT2D eigenvalue weighted by Gasteiger charge is 2.40. The van der Waals surface area contributed by atoms with Crippen LogP contribution in [0.25, 0.3) is 0 Å². The summed E-state index contributed by atoms with van der Waals surface area (Å²) in [6.45, 7) is 2.08. The lowest BCUT2D eigenvalue weighted by molar-refractivity contribution is -0.885. The van der Waals surface area contributed by atoms with Gasteiger partial charge in [-0.15, -0.1) is 0 Å². The molecule has 0 aliphatic carbocycles. The fourth-order valence-electron chi connectivity index (χ4n) is 4.16. The number of carbonyl (C=O) groups excluding carboxylic acids is 3. The van der Waals surface area contributed by atoms with Crippen molar-refractivity contribution in [3.05, 3.63) is 70.6 Å². The maximum atomic E-state index is 14.1. The van der Waals surface area contributed by atoms with Crippen LogP contribution in [-0.2, 0) is 9.59 Å².